The molecule has 0 aliphatic heterocycles. The highest BCUT2D eigenvalue weighted by Crippen LogP contribution is 2.22. The fraction of sp³-hybridized carbons (Fsp3) is 0.0909. The van der Waals surface area contributed by atoms with Crippen molar-refractivity contribution >= 4 is 17.3 Å². The maximum Gasteiger partial charge on any atom is 0.226 e. The summed E-state index contributed by atoms with van der Waals surface area (Å²) in [6.45, 7) is 0.515. The third-order valence-corrected chi connectivity index (χ3v) is 3.81. The summed E-state index contributed by atoms with van der Waals surface area (Å²) >= 11 is 0. The molecule has 0 radical (unpaired) electrons. The average molecular weight is 357 g/mol. The molecule has 0 unspecified atom stereocenters. The van der Waals surface area contributed by atoms with Gasteiger partial charge < -0.3 is 15.4 Å². The van der Waals surface area contributed by atoms with Gasteiger partial charge in [0.05, 0.1) is 11.6 Å². The first-order valence-corrected chi connectivity index (χ1v) is 8.60. The summed E-state index contributed by atoms with van der Waals surface area (Å²) in [5.74, 6) is 1.46. The Morgan fingerprint density at radius 3 is 2.15 bits per heavy atom. The summed E-state index contributed by atoms with van der Waals surface area (Å²) < 4.78 is 5.75. The first kappa shape index (κ1) is 18.0. The van der Waals surface area contributed by atoms with Crippen molar-refractivity contribution in [2.24, 2.45) is 0 Å². The maximum atomic E-state index is 12.0. The SMILES string of the molecule is N#Cc1ccc(NC(=O)CCNc2ccc(Oc3ccccc3)cc2)cc1. The molecule has 5 nitrogen and oxygen atoms in total. The molecule has 0 aromatic heterocycles. The van der Waals surface area contributed by atoms with Crippen molar-refractivity contribution in [3.05, 3.63) is 84.4 Å². The largest absolute Gasteiger partial charge is 0.457 e. The normalized spacial score (nSPS) is 9.89. The van der Waals surface area contributed by atoms with Crippen LogP contribution in [0.4, 0.5) is 11.4 Å². The van der Waals surface area contributed by atoms with Gasteiger partial charge in [0.15, 0.2) is 0 Å². The van der Waals surface area contributed by atoms with Gasteiger partial charge in [-0.05, 0) is 60.7 Å². The molecular weight excluding hydrogens is 338 g/mol. The van der Waals surface area contributed by atoms with Crippen LogP contribution in [-0.4, -0.2) is 12.5 Å². The second kappa shape index (κ2) is 9.07. The Hall–Kier alpha value is -3.78. The van der Waals surface area contributed by atoms with Crippen LogP contribution in [0.1, 0.15) is 12.0 Å². The van der Waals surface area contributed by atoms with Crippen LogP contribution in [-0.2, 0) is 4.79 Å². The highest BCUT2D eigenvalue weighted by molar-refractivity contribution is 5.91. The van der Waals surface area contributed by atoms with Crippen LogP contribution in [0.25, 0.3) is 0 Å². The Kier molecular flexibility index (Phi) is 6.05. The molecule has 27 heavy (non-hydrogen) atoms. The Labute approximate surface area is 158 Å². The van der Waals surface area contributed by atoms with Crippen molar-refractivity contribution in [1.29, 1.82) is 5.26 Å². The van der Waals surface area contributed by atoms with E-state index in [1.807, 2.05) is 60.7 Å². The lowest BCUT2D eigenvalue weighted by molar-refractivity contribution is -0.115. The van der Waals surface area contributed by atoms with Crippen LogP contribution in [0.5, 0.6) is 11.5 Å². The molecule has 1 amide bonds. The standard InChI is InChI=1S/C22H19N3O2/c23-16-17-6-8-19(9-7-17)25-22(26)14-15-24-18-10-12-21(13-11-18)27-20-4-2-1-3-5-20/h1-13,24H,14-15H2,(H,25,26). The summed E-state index contributed by atoms with van der Waals surface area (Å²) in [6.07, 6.45) is 0.336. The van der Waals surface area contributed by atoms with Crippen molar-refractivity contribution in [2.45, 2.75) is 6.42 Å². The molecule has 5 heteroatoms. The maximum absolute atomic E-state index is 12.0. The molecule has 0 heterocycles. The van der Waals surface area contributed by atoms with Crippen LogP contribution in [0.15, 0.2) is 78.9 Å². The van der Waals surface area contributed by atoms with Gasteiger partial charge in [0.1, 0.15) is 11.5 Å². The zero-order valence-corrected chi connectivity index (χ0v) is 14.7. The average Bonchev–Trinajstić information content (AvgIpc) is 2.71. The van der Waals surface area contributed by atoms with Crippen LogP contribution < -0.4 is 15.4 Å². The lowest BCUT2D eigenvalue weighted by Crippen LogP contribution is -2.16. The minimum absolute atomic E-state index is 0.0868. The predicted octanol–water partition coefficient (Wildman–Crippen LogP) is 4.79. The van der Waals surface area contributed by atoms with E-state index in [1.165, 1.54) is 0 Å². The Balaban J connectivity index is 1.43. The van der Waals surface area contributed by atoms with Crippen LogP contribution in [0, 0.1) is 11.3 Å². The molecule has 3 rings (SSSR count). The molecule has 0 saturated heterocycles. The van der Waals surface area contributed by atoms with E-state index in [-0.39, 0.29) is 5.91 Å². The van der Waals surface area contributed by atoms with E-state index in [9.17, 15) is 4.79 Å². The van der Waals surface area contributed by atoms with Crippen molar-refractivity contribution in [3.63, 3.8) is 0 Å². The topological polar surface area (TPSA) is 74.2 Å². The Morgan fingerprint density at radius 2 is 1.48 bits per heavy atom. The number of benzene rings is 3. The molecule has 0 saturated carbocycles. The lowest BCUT2D eigenvalue weighted by atomic mass is 10.2. The molecular formula is C22H19N3O2. The Morgan fingerprint density at radius 1 is 0.852 bits per heavy atom. The third kappa shape index (κ3) is 5.62. The van der Waals surface area contributed by atoms with E-state index < -0.39 is 0 Å². The number of nitrogens with one attached hydrogen (secondary N) is 2. The second-order valence-corrected chi connectivity index (χ2v) is 5.85. The van der Waals surface area contributed by atoms with E-state index in [4.69, 9.17) is 10.00 Å². The number of rotatable bonds is 7. The van der Waals surface area contributed by atoms with Gasteiger partial charge in [0, 0.05) is 24.3 Å². The van der Waals surface area contributed by atoms with E-state index in [0.29, 0.717) is 24.2 Å². The van der Waals surface area contributed by atoms with Crippen LogP contribution >= 0.6 is 0 Å². The number of para-hydroxylation sites is 1. The summed E-state index contributed by atoms with van der Waals surface area (Å²) in [4.78, 5) is 12.0. The van der Waals surface area contributed by atoms with Crippen molar-refractivity contribution < 1.29 is 9.53 Å². The van der Waals surface area contributed by atoms with Crippen LogP contribution in [0.3, 0.4) is 0 Å². The molecule has 2 N–H and O–H groups in total. The van der Waals surface area contributed by atoms with Crippen molar-refractivity contribution in [2.75, 3.05) is 17.2 Å². The van der Waals surface area contributed by atoms with E-state index >= 15 is 0 Å². The smallest absolute Gasteiger partial charge is 0.226 e. The summed E-state index contributed by atoms with van der Waals surface area (Å²) in [5.41, 5.74) is 2.16. The number of hydrogen-bond donors (Lipinski definition) is 2. The first-order chi connectivity index (χ1) is 13.2. The number of carbonyl (C=O) groups is 1. The van der Waals surface area contributed by atoms with Gasteiger partial charge in [0.25, 0.3) is 0 Å². The molecule has 3 aromatic carbocycles. The molecule has 0 aliphatic rings. The molecule has 0 spiro atoms. The highest BCUT2D eigenvalue weighted by Gasteiger charge is 2.03. The fourth-order valence-electron chi connectivity index (χ4n) is 2.44. The first-order valence-electron chi connectivity index (χ1n) is 8.60. The zero-order valence-electron chi connectivity index (χ0n) is 14.7. The molecule has 3 aromatic rings. The van der Waals surface area contributed by atoms with Gasteiger partial charge in [-0.25, -0.2) is 0 Å². The van der Waals surface area contributed by atoms with Gasteiger partial charge in [0.2, 0.25) is 5.91 Å². The van der Waals surface area contributed by atoms with Crippen molar-refractivity contribution in [1.82, 2.24) is 0 Å². The molecule has 0 aliphatic carbocycles. The molecule has 134 valence electrons. The number of nitrogens with zero attached hydrogens (tertiary/aromatic N) is 1. The second-order valence-electron chi connectivity index (χ2n) is 5.85. The van der Waals surface area contributed by atoms with Crippen LogP contribution in [0.2, 0.25) is 0 Å². The number of ether oxygens (including phenoxy) is 1. The fourth-order valence-corrected chi connectivity index (χ4v) is 2.44. The van der Waals surface area contributed by atoms with Gasteiger partial charge in [-0.2, -0.15) is 5.26 Å². The van der Waals surface area contributed by atoms with E-state index in [1.54, 1.807) is 24.3 Å². The quantitative estimate of drug-likeness (QED) is 0.637. The zero-order chi connectivity index (χ0) is 18.9. The molecule has 0 atom stereocenters. The number of hydrogen-bond acceptors (Lipinski definition) is 4. The summed E-state index contributed by atoms with van der Waals surface area (Å²) in [6, 6.07) is 26.0. The summed E-state index contributed by atoms with van der Waals surface area (Å²) in [7, 11) is 0. The molecule has 0 bridgehead atoms. The van der Waals surface area contributed by atoms with Gasteiger partial charge in [-0.3, -0.25) is 4.79 Å². The predicted molar refractivity (Wildman–Crippen MR) is 106 cm³/mol. The lowest BCUT2D eigenvalue weighted by Gasteiger charge is -2.09. The number of carbonyl (C=O) groups excluding carboxylic acids is 1. The highest BCUT2D eigenvalue weighted by atomic mass is 16.5. The van der Waals surface area contributed by atoms with Gasteiger partial charge in [-0.1, -0.05) is 18.2 Å². The number of anilines is 2. The minimum Gasteiger partial charge on any atom is -0.457 e. The molecule has 0 fully saturated rings. The number of amides is 1. The summed E-state index contributed by atoms with van der Waals surface area (Å²) in [5, 5.41) is 14.8. The monoisotopic (exact) mass is 357 g/mol. The van der Waals surface area contributed by atoms with Gasteiger partial charge in [-0.15, -0.1) is 0 Å². The van der Waals surface area contributed by atoms with Crippen molar-refractivity contribution in [3.8, 4) is 17.6 Å². The van der Waals surface area contributed by atoms with E-state index in [2.05, 4.69) is 10.6 Å². The Bertz CT molecular complexity index is 915. The third-order valence-electron chi connectivity index (χ3n) is 3.81. The van der Waals surface area contributed by atoms with Gasteiger partial charge >= 0.3 is 0 Å². The van der Waals surface area contributed by atoms with E-state index in [0.717, 1.165) is 17.2 Å². The minimum atomic E-state index is -0.0868. The number of nitriles is 1.